The summed E-state index contributed by atoms with van der Waals surface area (Å²) in [5.74, 6) is 0.933. The number of nitrogens with two attached hydrogens (primary N) is 1. The van der Waals surface area contributed by atoms with Crippen molar-refractivity contribution in [2.75, 3.05) is 20.0 Å². The SMILES string of the molecule is COc1cc(OC)cc(Oc2ccc(C(=O)O)cc2N)c1. The summed E-state index contributed by atoms with van der Waals surface area (Å²) in [6.07, 6.45) is 0. The van der Waals surface area contributed by atoms with E-state index in [1.54, 1.807) is 18.2 Å². The second kappa shape index (κ2) is 6.04. The van der Waals surface area contributed by atoms with Crippen molar-refractivity contribution in [1.29, 1.82) is 0 Å². The van der Waals surface area contributed by atoms with Crippen LogP contribution in [-0.4, -0.2) is 25.3 Å². The molecule has 0 aliphatic heterocycles. The molecule has 0 fully saturated rings. The highest BCUT2D eigenvalue weighted by atomic mass is 16.5. The molecule has 6 heteroatoms. The predicted octanol–water partition coefficient (Wildman–Crippen LogP) is 2.78. The van der Waals surface area contributed by atoms with Gasteiger partial charge in [0.15, 0.2) is 0 Å². The summed E-state index contributed by atoms with van der Waals surface area (Å²) in [6.45, 7) is 0. The van der Waals surface area contributed by atoms with E-state index in [1.165, 1.54) is 32.4 Å². The van der Waals surface area contributed by atoms with E-state index in [-0.39, 0.29) is 11.3 Å². The number of aromatic carboxylic acids is 1. The van der Waals surface area contributed by atoms with Gasteiger partial charge in [0.05, 0.1) is 25.5 Å². The Morgan fingerprint density at radius 3 is 2.05 bits per heavy atom. The van der Waals surface area contributed by atoms with Gasteiger partial charge in [0.2, 0.25) is 0 Å². The van der Waals surface area contributed by atoms with Crippen molar-refractivity contribution in [2.45, 2.75) is 0 Å². The molecule has 3 N–H and O–H groups in total. The second-order valence-corrected chi connectivity index (χ2v) is 4.21. The fourth-order valence-electron chi connectivity index (χ4n) is 1.74. The Hall–Kier alpha value is -2.89. The van der Waals surface area contributed by atoms with Gasteiger partial charge >= 0.3 is 5.97 Å². The molecule has 0 unspecified atom stereocenters. The van der Waals surface area contributed by atoms with Crippen molar-refractivity contribution in [3.8, 4) is 23.0 Å². The van der Waals surface area contributed by atoms with Crippen LogP contribution in [0.2, 0.25) is 0 Å². The Bertz CT molecular complexity index is 647. The van der Waals surface area contributed by atoms with E-state index in [0.717, 1.165) is 0 Å². The average Bonchev–Trinajstić information content (AvgIpc) is 2.48. The van der Waals surface area contributed by atoms with Gasteiger partial charge in [-0.25, -0.2) is 4.79 Å². The maximum absolute atomic E-state index is 10.9. The highest BCUT2D eigenvalue weighted by Gasteiger charge is 2.09. The van der Waals surface area contributed by atoms with Crippen molar-refractivity contribution in [1.82, 2.24) is 0 Å². The molecule has 0 aliphatic rings. The van der Waals surface area contributed by atoms with Crippen LogP contribution in [0.15, 0.2) is 36.4 Å². The monoisotopic (exact) mass is 289 g/mol. The number of carboxylic acid groups (broad SMARTS) is 1. The molecule has 21 heavy (non-hydrogen) atoms. The van der Waals surface area contributed by atoms with E-state index in [2.05, 4.69) is 0 Å². The number of carboxylic acids is 1. The first-order valence-electron chi connectivity index (χ1n) is 6.07. The second-order valence-electron chi connectivity index (χ2n) is 4.21. The molecule has 110 valence electrons. The van der Waals surface area contributed by atoms with Gasteiger partial charge in [-0.1, -0.05) is 0 Å². The van der Waals surface area contributed by atoms with E-state index >= 15 is 0 Å². The zero-order valence-electron chi connectivity index (χ0n) is 11.6. The number of benzene rings is 2. The number of hydrogen-bond acceptors (Lipinski definition) is 5. The molecule has 6 nitrogen and oxygen atoms in total. The van der Waals surface area contributed by atoms with Gasteiger partial charge in [0.1, 0.15) is 23.0 Å². The molecular weight excluding hydrogens is 274 g/mol. The molecule has 0 spiro atoms. The number of ether oxygens (including phenoxy) is 3. The lowest BCUT2D eigenvalue weighted by atomic mass is 10.2. The molecule has 0 saturated heterocycles. The van der Waals surface area contributed by atoms with Crippen molar-refractivity contribution >= 4 is 11.7 Å². The minimum Gasteiger partial charge on any atom is -0.496 e. The lowest BCUT2D eigenvalue weighted by Gasteiger charge is -2.11. The fourth-order valence-corrected chi connectivity index (χ4v) is 1.74. The molecule has 0 amide bonds. The number of hydrogen-bond donors (Lipinski definition) is 2. The number of anilines is 1. The van der Waals surface area contributed by atoms with Crippen LogP contribution in [-0.2, 0) is 0 Å². The first kappa shape index (κ1) is 14.5. The third kappa shape index (κ3) is 3.36. The molecule has 0 bridgehead atoms. The van der Waals surface area contributed by atoms with E-state index in [1.807, 2.05) is 0 Å². The number of methoxy groups -OCH3 is 2. The lowest BCUT2D eigenvalue weighted by Crippen LogP contribution is -1.99. The van der Waals surface area contributed by atoms with Crippen LogP contribution in [0.4, 0.5) is 5.69 Å². The van der Waals surface area contributed by atoms with Gasteiger partial charge in [-0.3, -0.25) is 0 Å². The Morgan fingerprint density at radius 1 is 1.00 bits per heavy atom. The number of nitrogen functional groups attached to an aromatic ring is 1. The van der Waals surface area contributed by atoms with Crippen molar-refractivity contribution in [2.24, 2.45) is 0 Å². The largest absolute Gasteiger partial charge is 0.496 e. The molecule has 0 heterocycles. The molecular formula is C15H15NO5. The van der Waals surface area contributed by atoms with Gasteiger partial charge in [-0.05, 0) is 18.2 Å². The topological polar surface area (TPSA) is 91.0 Å². The van der Waals surface area contributed by atoms with Crippen LogP contribution in [0.3, 0.4) is 0 Å². The molecule has 2 rings (SSSR count). The number of carbonyl (C=O) groups is 1. The summed E-state index contributed by atoms with van der Waals surface area (Å²) in [7, 11) is 3.07. The first-order chi connectivity index (χ1) is 10.0. The minimum atomic E-state index is -1.05. The third-order valence-electron chi connectivity index (χ3n) is 2.81. The summed E-state index contributed by atoms with van der Waals surface area (Å²) in [5, 5.41) is 8.90. The normalized spacial score (nSPS) is 10.0. The standard InChI is InChI=1S/C15H15NO5/c1-19-10-6-11(20-2)8-12(7-10)21-14-4-3-9(15(17)18)5-13(14)16/h3-8H,16H2,1-2H3,(H,17,18). The van der Waals surface area contributed by atoms with E-state index in [9.17, 15) is 4.79 Å². The highest BCUT2D eigenvalue weighted by Crippen LogP contribution is 2.33. The average molecular weight is 289 g/mol. The predicted molar refractivity (Wildman–Crippen MR) is 77.4 cm³/mol. The lowest BCUT2D eigenvalue weighted by molar-refractivity contribution is 0.0697. The zero-order valence-corrected chi connectivity index (χ0v) is 11.6. The Morgan fingerprint density at radius 2 is 1.57 bits per heavy atom. The van der Waals surface area contributed by atoms with Crippen LogP contribution in [0.5, 0.6) is 23.0 Å². The smallest absolute Gasteiger partial charge is 0.335 e. The van der Waals surface area contributed by atoms with Crippen LogP contribution < -0.4 is 19.9 Å². The van der Waals surface area contributed by atoms with E-state index in [4.69, 9.17) is 25.1 Å². The highest BCUT2D eigenvalue weighted by molar-refractivity contribution is 5.89. The van der Waals surface area contributed by atoms with Gasteiger partial charge in [0.25, 0.3) is 0 Å². The van der Waals surface area contributed by atoms with Crippen LogP contribution >= 0.6 is 0 Å². The van der Waals surface area contributed by atoms with E-state index < -0.39 is 5.97 Å². The molecule has 2 aromatic rings. The Balaban J connectivity index is 2.31. The quantitative estimate of drug-likeness (QED) is 0.822. The molecule has 2 aromatic carbocycles. The summed E-state index contributed by atoms with van der Waals surface area (Å²) in [4.78, 5) is 10.9. The molecule has 0 radical (unpaired) electrons. The molecule has 0 atom stereocenters. The van der Waals surface area contributed by atoms with Crippen molar-refractivity contribution in [3.05, 3.63) is 42.0 Å². The van der Waals surface area contributed by atoms with Crippen LogP contribution in [0.25, 0.3) is 0 Å². The van der Waals surface area contributed by atoms with Crippen molar-refractivity contribution < 1.29 is 24.1 Å². The van der Waals surface area contributed by atoms with E-state index in [0.29, 0.717) is 23.0 Å². The van der Waals surface area contributed by atoms with Gasteiger partial charge in [-0.15, -0.1) is 0 Å². The van der Waals surface area contributed by atoms with Crippen LogP contribution in [0, 0.1) is 0 Å². The van der Waals surface area contributed by atoms with Gasteiger partial charge < -0.3 is 25.1 Å². The summed E-state index contributed by atoms with van der Waals surface area (Å²) < 4.78 is 15.9. The minimum absolute atomic E-state index is 0.100. The maximum Gasteiger partial charge on any atom is 0.335 e. The van der Waals surface area contributed by atoms with Crippen molar-refractivity contribution in [3.63, 3.8) is 0 Å². The van der Waals surface area contributed by atoms with Gasteiger partial charge in [-0.2, -0.15) is 0 Å². The Labute approximate surface area is 121 Å². The fraction of sp³-hybridized carbons (Fsp3) is 0.133. The molecule has 0 saturated carbocycles. The number of rotatable bonds is 5. The van der Waals surface area contributed by atoms with Gasteiger partial charge in [0, 0.05) is 18.2 Å². The molecule has 0 aliphatic carbocycles. The Kier molecular flexibility index (Phi) is 4.18. The van der Waals surface area contributed by atoms with Crippen LogP contribution in [0.1, 0.15) is 10.4 Å². The first-order valence-corrected chi connectivity index (χ1v) is 6.07. The summed E-state index contributed by atoms with van der Waals surface area (Å²) in [6, 6.07) is 9.33. The maximum atomic E-state index is 10.9. The third-order valence-corrected chi connectivity index (χ3v) is 2.81. The molecule has 0 aromatic heterocycles. The summed E-state index contributed by atoms with van der Waals surface area (Å²) in [5.41, 5.74) is 6.13. The summed E-state index contributed by atoms with van der Waals surface area (Å²) >= 11 is 0. The zero-order chi connectivity index (χ0) is 15.4.